The van der Waals surface area contributed by atoms with E-state index in [-0.39, 0.29) is 12.4 Å². The predicted octanol–water partition coefficient (Wildman–Crippen LogP) is 3.99. The van der Waals surface area contributed by atoms with Crippen LogP contribution in [0.2, 0.25) is 0 Å². The van der Waals surface area contributed by atoms with E-state index >= 15 is 0 Å². The Morgan fingerprint density at radius 3 is 2.33 bits per heavy atom. The number of amides is 1. The average Bonchev–Trinajstić information content (AvgIpc) is 2.10. The van der Waals surface area contributed by atoms with Crippen LogP contribution < -0.4 is 5.32 Å². The maximum atomic E-state index is 10.2. The van der Waals surface area contributed by atoms with Gasteiger partial charge in [-0.15, -0.1) is 12.4 Å². The zero-order valence-electron chi connectivity index (χ0n) is 9.17. The first-order chi connectivity index (χ1) is 6.66. The molecule has 0 fully saturated rings. The number of halogens is 2. The predicted molar refractivity (Wildman–Crippen MR) is 66.0 cm³/mol. The lowest BCUT2D eigenvalue weighted by molar-refractivity contribution is 0.192. The summed E-state index contributed by atoms with van der Waals surface area (Å²) in [5.41, 5.74) is -0.432. The van der Waals surface area contributed by atoms with Gasteiger partial charge < -0.3 is 10.4 Å². The minimum Gasteiger partial charge on any atom is -0.465 e. The molecule has 0 aliphatic heterocycles. The van der Waals surface area contributed by atoms with Crippen LogP contribution in [0, 0.1) is 0 Å². The third-order valence-electron chi connectivity index (χ3n) is 2.09. The highest BCUT2D eigenvalue weighted by Crippen LogP contribution is 2.10. The molecule has 0 aliphatic carbocycles. The van der Waals surface area contributed by atoms with Gasteiger partial charge in [-0.05, 0) is 6.42 Å². The van der Waals surface area contributed by atoms with E-state index in [0.717, 1.165) is 19.3 Å². The molecule has 0 aromatic heterocycles. The van der Waals surface area contributed by atoms with Crippen molar-refractivity contribution in [2.75, 3.05) is 0 Å². The van der Waals surface area contributed by atoms with Gasteiger partial charge in [0.05, 0.1) is 0 Å². The summed E-state index contributed by atoms with van der Waals surface area (Å²) in [6.45, 7) is 2.19. The highest BCUT2D eigenvalue weighted by atomic mass is 35.5. The quantitative estimate of drug-likeness (QED) is 0.393. The Hall–Kier alpha value is -0.150. The topological polar surface area (TPSA) is 49.3 Å². The lowest BCUT2D eigenvalue weighted by Gasteiger charge is -2.08. The molecule has 0 aliphatic rings. The van der Waals surface area contributed by atoms with E-state index in [1.807, 2.05) is 0 Å². The second kappa shape index (κ2) is 11.9. The number of unbranched alkanes of at least 4 members (excludes halogenated alkanes) is 5. The largest absolute Gasteiger partial charge is 0.465 e. The van der Waals surface area contributed by atoms with Crippen LogP contribution in [0.1, 0.15) is 51.9 Å². The molecule has 2 N–H and O–H groups in total. The molecule has 0 radical (unpaired) electrons. The molecule has 1 atom stereocenters. The maximum Gasteiger partial charge on any atom is 0.405 e. The number of nitrogens with one attached hydrogen (secondary N) is 1. The van der Waals surface area contributed by atoms with E-state index in [1.165, 1.54) is 25.7 Å². The lowest BCUT2D eigenvalue weighted by atomic mass is 10.1. The van der Waals surface area contributed by atoms with E-state index in [0.29, 0.717) is 0 Å². The number of rotatable bonds is 8. The summed E-state index contributed by atoms with van der Waals surface area (Å²) in [4.78, 5) is 10.2. The van der Waals surface area contributed by atoms with E-state index in [9.17, 15) is 4.79 Å². The van der Waals surface area contributed by atoms with Crippen LogP contribution in [-0.4, -0.2) is 16.7 Å². The smallest absolute Gasteiger partial charge is 0.405 e. The molecule has 1 unspecified atom stereocenters. The van der Waals surface area contributed by atoms with Crippen molar-refractivity contribution < 1.29 is 9.90 Å². The van der Waals surface area contributed by atoms with Gasteiger partial charge in [-0.25, -0.2) is 4.79 Å². The van der Waals surface area contributed by atoms with E-state index < -0.39 is 11.6 Å². The Kier molecular flexibility index (Phi) is 13.7. The number of alkyl halides is 1. The normalized spacial score (nSPS) is 11.6. The van der Waals surface area contributed by atoms with Gasteiger partial charge in [0.25, 0.3) is 0 Å². The van der Waals surface area contributed by atoms with Crippen molar-refractivity contribution in [2.45, 2.75) is 57.4 Å². The zero-order chi connectivity index (χ0) is 10.8. The summed E-state index contributed by atoms with van der Waals surface area (Å²) in [6.07, 6.45) is 6.86. The number of carbonyl (C=O) groups is 1. The van der Waals surface area contributed by atoms with Gasteiger partial charge in [0.15, 0.2) is 0 Å². The first-order valence-electron chi connectivity index (χ1n) is 5.30. The molecule has 92 valence electrons. The van der Waals surface area contributed by atoms with Crippen LogP contribution in [0.3, 0.4) is 0 Å². The third-order valence-corrected chi connectivity index (χ3v) is 2.42. The van der Waals surface area contributed by atoms with Gasteiger partial charge in [-0.2, -0.15) is 0 Å². The summed E-state index contributed by atoms with van der Waals surface area (Å²) in [5.74, 6) is 0. The maximum absolute atomic E-state index is 10.2. The summed E-state index contributed by atoms with van der Waals surface area (Å²) in [7, 11) is 0. The van der Waals surface area contributed by atoms with Crippen molar-refractivity contribution >= 4 is 30.1 Å². The molecule has 3 nitrogen and oxygen atoms in total. The minimum absolute atomic E-state index is 0. The fourth-order valence-corrected chi connectivity index (χ4v) is 1.56. The van der Waals surface area contributed by atoms with E-state index in [1.54, 1.807) is 0 Å². The number of hydrogen-bond donors (Lipinski definition) is 2. The highest BCUT2D eigenvalue weighted by molar-refractivity contribution is 6.21. The van der Waals surface area contributed by atoms with Crippen LogP contribution in [0.15, 0.2) is 0 Å². The van der Waals surface area contributed by atoms with Crippen LogP contribution in [0.4, 0.5) is 4.79 Å². The Morgan fingerprint density at radius 2 is 1.80 bits per heavy atom. The van der Waals surface area contributed by atoms with Crippen molar-refractivity contribution in [1.29, 1.82) is 0 Å². The van der Waals surface area contributed by atoms with Crippen molar-refractivity contribution in [2.24, 2.45) is 0 Å². The van der Waals surface area contributed by atoms with Crippen molar-refractivity contribution in [3.8, 4) is 0 Å². The van der Waals surface area contributed by atoms with Crippen molar-refractivity contribution in [3.05, 3.63) is 0 Å². The summed E-state index contributed by atoms with van der Waals surface area (Å²) in [6, 6.07) is 0. The Balaban J connectivity index is 0. The van der Waals surface area contributed by atoms with E-state index in [2.05, 4.69) is 12.2 Å². The van der Waals surface area contributed by atoms with Crippen molar-refractivity contribution in [3.63, 3.8) is 0 Å². The minimum atomic E-state index is -1.05. The Bertz CT molecular complexity index is 156. The molecule has 0 saturated carbocycles. The van der Waals surface area contributed by atoms with Crippen LogP contribution >= 0.6 is 24.0 Å². The van der Waals surface area contributed by atoms with Crippen LogP contribution in [0.5, 0.6) is 0 Å². The molecular formula is C10H21Cl2NO2. The van der Waals surface area contributed by atoms with Gasteiger partial charge >= 0.3 is 6.09 Å². The molecular weight excluding hydrogens is 237 g/mol. The molecule has 0 heterocycles. The van der Waals surface area contributed by atoms with Crippen LogP contribution in [-0.2, 0) is 0 Å². The second-order valence-corrected chi connectivity index (χ2v) is 4.00. The molecule has 15 heavy (non-hydrogen) atoms. The molecule has 1 amide bonds. The summed E-state index contributed by atoms with van der Waals surface area (Å²) in [5, 5.41) is 10.6. The fraction of sp³-hybridized carbons (Fsp3) is 0.900. The number of hydrogen-bond acceptors (Lipinski definition) is 1. The zero-order valence-corrected chi connectivity index (χ0v) is 10.7. The van der Waals surface area contributed by atoms with Crippen LogP contribution in [0.25, 0.3) is 0 Å². The molecule has 0 spiro atoms. The lowest BCUT2D eigenvalue weighted by Crippen LogP contribution is -2.28. The summed E-state index contributed by atoms with van der Waals surface area (Å²) < 4.78 is 0. The highest BCUT2D eigenvalue weighted by Gasteiger charge is 2.05. The van der Waals surface area contributed by atoms with E-state index in [4.69, 9.17) is 16.7 Å². The Labute approximate surface area is 103 Å². The van der Waals surface area contributed by atoms with Gasteiger partial charge in [0, 0.05) is 0 Å². The first kappa shape index (κ1) is 17.3. The molecule has 0 aromatic carbocycles. The second-order valence-electron chi connectivity index (χ2n) is 3.47. The standard InChI is InChI=1S/C10H20ClNO2.ClH/c1-2-3-4-5-6-7-8-9(11)12-10(13)14;/h9,12H,2-8H2,1H3,(H,13,14);1H. The van der Waals surface area contributed by atoms with Gasteiger partial charge in [-0.3, -0.25) is 0 Å². The molecule has 0 aromatic rings. The first-order valence-corrected chi connectivity index (χ1v) is 5.74. The molecule has 0 saturated heterocycles. The van der Waals surface area contributed by atoms with Gasteiger partial charge in [0.2, 0.25) is 0 Å². The molecule has 5 heteroatoms. The van der Waals surface area contributed by atoms with Gasteiger partial charge in [0.1, 0.15) is 5.50 Å². The third kappa shape index (κ3) is 13.9. The fourth-order valence-electron chi connectivity index (χ4n) is 1.31. The SMILES string of the molecule is CCCCCCCCC(Cl)NC(=O)O.Cl. The Morgan fingerprint density at radius 1 is 1.27 bits per heavy atom. The average molecular weight is 258 g/mol. The number of carboxylic acid groups (broad SMARTS) is 1. The van der Waals surface area contributed by atoms with Crippen molar-refractivity contribution in [1.82, 2.24) is 5.32 Å². The van der Waals surface area contributed by atoms with Gasteiger partial charge in [-0.1, -0.05) is 57.0 Å². The molecule has 0 bridgehead atoms. The monoisotopic (exact) mass is 257 g/mol. The summed E-state index contributed by atoms with van der Waals surface area (Å²) >= 11 is 5.72. The molecule has 0 rings (SSSR count).